The zero-order valence-corrected chi connectivity index (χ0v) is 22.5. The number of aliphatic imine (C=N–C) groups is 1. The highest BCUT2D eigenvalue weighted by Gasteiger charge is 2.43. The molecule has 0 saturated carbocycles. The van der Waals surface area contributed by atoms with Crippen LogP contribution in [0.15, 0.2) is 28.1 Å². The van der Waals surface area contributed by atoms with Gasteiger partial charge < -0.3 is 21.7 Å². The van der Waals surface area contributed by atoms with Crippen LogP contribution < -0.4 is 22.1 Å². The lowest BCUT2D eigenvalue weighted by Crippen LogP contribution is -2.56. The van der Waals surface area contributed by atoms with Crippen LogP contribution in [-0.4, -0.2) is 79.1 Å². The number of anilines is 2. The fourth-order valence-corrected chi connectivity index (χ4v) is 6.28. The lowest BCUT2D eigenvalue weighted by molar-refractivity contribution is -0.186. The molecule has 4 heterocycles. The minimum Gasteiger partial charge on any atom is -0.382 e. The monoisotopic (exact) mass is 599 g/mol. The number of halogens is 4. The van der Waals surface area contributed by atoms with Gasteiger partial charge in [-0.05, 0) is 42.5 Å². The number of rotatable bonds is 3. The van der Waals surface area contributed by atoms with E-state index in [1.165, 1.54) is 0 Å². The highest BCUT2D eigenvalue weighted by molar-refractivity contribution is 7.82. The molecule has 1 fully saturated rings. The van der Waals surface area contributed by atoms with E-state index >= 15 is 0 Å². The number of benzene rings is 1. The molecule has 1 saturated heterocycles. The number of piperidine rings is 1. The quantitative estimate of drug-likeness (QED) is 0.404. The Balaban J connectivity index is 1.18. The standard InChI is InChI=1S/C23H25ClF3N9O3S/c24-16-18(29)32-17(28)15(31-16)19(37)33-21-30-11-22(34-21)4-7-36(8-5-22)40(39)14-2-1-12-3-6-35(10-13(12)9-14)20(38)23(25,26)27/h1-2,9H,3-8,10-11H2,(H4,28,29,32)(H2,30,33,34,37). The molecule has 2 amide bonds. The lowest BCUT2D eigenvalue weighted by Gasteiger charge is -2.38. The largest absolute Gasteiger partial charge is 0.471 e. The highest BCUT2D eigenvalue weighted by atomic mass is 35.5. The van der Waals surface area contributed by atoms with E-state index in [1.807, 2.05) is 0 Å². The summed E-state index contributed by atoms with van der Waals surface area (Å²) in [5.41, 5.74) is 12.0. The average molecular weight is 600 g/mol. The van der Waals surface area contributed by atoms with Crippen LogP contribution in [-0.2, 0) is 28.7 Å². The van der Waals surface area contributed by atoms with Crippen LogP contribution in [0.5, 0.6) is 0 Å². The second kappa shape index (κ2) is 10.5. The molecule has 1 atom stereocenters. The number of carbonyl (C=O) groups excluding carboxylic acids is 2. The predicted octanol–water partition coefficient (Wildman–Crippen LogP) is 0.988. The normalized spacial score (nSPS) is 19.5. The first-order chi connectivity index (χ1) is 18.8. The number of guanidine groups is 1. The van der Waals surface area contributed by atoms with Gasteiger partial charge in [0.15, 0.2) is 28.4 Å². The third kappa shape index (κ3) is 5.55. The molecule has 3 aliphatic heterocycles. The van der Waals surface area contributed by atoms with Crippen molar-refractivity contribution >= 4 is 52.0 Å². The number of nitrogen functional groups attached to an aromatic ring is 2. The van der Waals surface area contributed by atoms with Crippen molar-refractivity contribution in [2.24, 2.45) is 4.99 Å². The van der Waals surface area contributed by atoms with Crippen molar-refractivity contribution in [3.05, 3.63) is 40.2 Å². The molecule has 5 rings (SSSR count). The zero-order valence-electron chi connectivity index (χ0n) is 20.9. The van der Waals surface area contributed by atoms with Gasteiger partial charge in [0.2, 0.25) is 0 Å². The number of nitrogens with two attached hydrogens (primary N) is 2. The van der Waals surface area contributed by atoms with Gasteiger partial charge in [-0.15, -0.1) is 0 Å². The predicted molar refractivity (Wildman–Crippen MR) is 140 cm³/mol. The molecule has 40 heavy (non-hydrogen) atoms. The Hall–Kier alpha value is -3.50. The Morgan fingerprint density at radius 1 is 1.10 bits per heavy atom. The highest BCUT2D eigenvalue weighted by Crippen LogP contribution is 2.30. The Kier molecular flexibility index (Phi) is 7.35. The summed E-state index contributed by atoms with van der Waals surface area (Å²) < 4.78 is 53.8. The number of fused-ring (bicyclic) bond motifs is 1. The number of nitrogens with one attached hydrogen (secondary N) is 2. The van der Waals surface area contributed by atoms with Crippen LogP contribution in [0.25, 0.3) is 0 Å². The van der Waals surface area contributed by atoms with E-state index in [0.29, 0.717) is 49.4 Å². The molecule has 214 valence electrons. The molecule has 3 aliphatic rings. The molecule has 2 aromatic rings. The number of amides is 2. The number of nitrogens with zero attached hydrogens (tertiary/aromatic N) is 5. The summed E-state index contributed by atoms with van der Waals surface area (Å²) in [6.07, 6.45) is -3.51. The second-order valence-corrected chi connectivity index (χ2v) is 11.6. The Morgan fingerprint density at radius 2 is 1.82 bits per heavy atom. The van der Waals surface area contributed by atoms with Gasteiger partial charge in [0.25, 0.3) is 5.91 Å². The summed E-state index contributed by atoms with van der Waals surface area (Å²) >= 11 is 5.85. The maximum Gasteiger partial charge on any atom is 0.471 e. The molecule has 12 nitrogen and oxygen atoms in total. The molecule has 1 aromatic heterocycles. The second-order valence-electron chi connectivity index (χ2n) is 9.74. The summed E-state index contributed by atoms with van der Waals surface area (Å²) in [5.74, 6) is -2.56. The topological polar surface area (TPSA) is 172 Å². The maximum atomic E-state index is 13.3. The smallest absolute Gasteiger partial charge is 0.382 e. The summed E-state index contributed by atoms with van der Waals surface area (Å²) in [5, 5.41) is 5.70. The molecule has 1 spiro atoms. The van der Waals surface area contributed by atoms with E-state index in [9.17, 15) is 27.0 Å². The molecular weight excluding hydrogens is 575 g/mol. The number of aromatic nitrogens is 2. The van der Waals surface area contributed by atoms with Gasteiger partial charge in [-0.25, -0.2) is 18.5 Å². The maximum absolute atomic E-state index is 13.3. The zero-order chi connectivity index (χ0) is 28.8. The molecule has 1 aromatic carbocycles. The molecule has 1 unspecified atom stereocenters. The average Bonchev–Trinajstić information content (AvgIpc) is 3.30. The van der Waals surface area contributed by atoms with Crippen LogP contribution in [0, 0.1) is 0 Å². The summed E-state index contributed by atoms with van der Waals surface area (Å²) in [4.78, 5) is 37.6. The SMILES string of the molecule is Nc1nc(N)c(C(=O)NC2=NCC3(CCN(S(=O)c4ccc5c(c4)CN(C(=O)C(F)(F)F)CC5)CC3)N2)nc1Cl. The van der Waals surface area contributed by atoms with Crippen molar-refractivity contribution in [1.82, 2.24) is 29.8 Å². The third-order valence-corrected chi connectivity index (χ3v) is 8.88. The van der Waals surface area contributed by atoms with Gasteiger partial charge in [-0.1, -0.05) is 17.7 Å². The van der Waals surface area contributed by atoms with Crippen LogP contribution in [0.2, 0.25) is 5.15 Å². The van der Waals surface area contributed by atoms with Crippen molar-refractivity contribution in [3.63, 3.8) is 0 Å². The molecular formula is C23H25ClF3N9O3S. The van der Waals surface area contributed by atoms with Crippen molar-refractivity contribution in [1.29, 1.82) is 0 Å². The number of alkyl halides is 3. The van der Waals surface area contributed by atoms with E-state index in [1.54, 1.807) is 22.5 Å². The first-order valence-electron chi connectivity index (χ1n) is 12.2. The van der Waals surface area contributed by atoms with Crippen molar-refractivity contribution in [2.45, 2.75) is 42.4 Å². The van der Waals surface area contributed by atoms with Gasteiger partial charge >= 0.3 is 12.1 Å². The molecule has 0 bridgehead atoms. The van der Waals surface area contributed by atoms with Gasteiger partial charge in [0, 0.05) is 26.2 Å². The molecule has 6 N–H and O–H groups in total. The fraction of sp³-hybridized carbons (Fsp3) is 0.435. The molecule has 17 heteroatoms. The van der Waals surface area contributed by atoms with Gasteiger partial charge in [0.1, 0.15) is 11.0 Å². The van der Waals surface area contributed by atoms with Crippen LogP contribution in [0.3, 0.4) is 0 Å². The molecule has 0 aliphatic carbocycles. The van der Waals surface area contributed by atoms with Crippen LogP contribution in [0.4, 0.5) is 24.8 Å². The van der Waals surface area contributed by atoms with Gasteiger partial charge in [0.05, 0.1) is 17.0 Å². The Bertz CT molecular complexity index is 1430. The van der Waals surface area contributed by atoms with Crippen molar-refractivity contribution in [3.8, 4) is 0 Å². The Morgan fingerprint density at radius 3 is 2.52 bits per heavy atom. The minimum absolute atomic E-state index is 0.0198. The summed E-state index contributed by atoms with van der Waals surface area (Å²) in [6, 6.07) is 5.09. The van der Waals surface area contributed by atoms with Gasteiger partial charge in [-0.3, -0.25) is 19.9 Å². The van der Waals surface area contributed by atoms with E-state index < -0.39 is 34.5 Å². The van der Waals surface area contributed by atoms with E-state index in [4.69, 9.17) is 23.1 Å². The first kappa shape index (κ1) is 28.0. The van der Waals surface area contributed by atoms with E-state index in [-0.39, 0.29) is 41.5 Å². The van der Waals surface area contributed by atoms with E-state index in [0.717, 1.165) is 10.5 Å². The van der Waals surface area contributed by atoms with Crippen molar-refractivity contribution < 1.29 is 27.0 Å². The Labute approximate surface area is 233 Å². The third-order valence-electron chi connectivity index (χ3n) is 7.11. The van der Waals surface area contributed by atoms with Crippen molar-refractivity contribution in [2.75, 3.05) is 37.6 Å². The fourth-order valence-electron chi connectivity index (χ4n) is 4.91. The first-order valence-corrected chi connectivity index (χ1v) is 13.7. The number of carbonyl (C=O) groups is 2. The van der Waals surface area contributed by atoms with Crippen LogP contribution in [0.1, 0.15) is 34.5 Å². The molecule has 0 radical (unpaired) electrons. The van der Waals surface area contributed by atoms with Gasteiger partial charge in [-0.2, -0.15) is 13.2 Å². The summed E-state index contributed by atoms with van der Waals surface area (Å²) in [7, 11) is -1.55. The lowest BCUT2D eigenvalue weighted by atomic mass is 9.89. The van der Waals surface area contributed by atoms with E-state index in [2.05, 4.69) is 25.6 Å². The van der Waals surface area contributed by atoms with Crippen LogP contribution >= 0.6 is 11.6 Å². The number of hydrogen-bond acceptors (Lipinski definition) is 9. The number of hydrogen-bond donors (Lipinski definition) is 4. The minimum atomic E-state index is -4.94. The summed E-state index contributed by atoms with van der Waals surface area (Å²) in [6.45, 7) is 1.07.